The Bertz CT molecular complexity index is 394. The largest absolute Gasteiger partial charge is 0.396 e. The lowest BCUT2D eigenvalue weighted by Gasteiger charge is -2.17. The van der Waals surface area contributed by atoms with E-state index in [0.717, 1.165) is 12.2 Å². The van der Waals surface area contributed by atoms with Gasteiger partial charge < -0.3 is 19.9 Å². The number of rotatable bonds is 7. The molecule has 2 rings (SSSR count). The van der Waals surface area contributed by atoms with Gasteiger partial charge in [0.05, 0.1) is 18.4 Å². The minimum absolute atomic E-state index is 0.0828. The number of aromatic nitrogens is 3. The molecule has 1 aromatic rings. The van der Waals surface area contributed by atoms with Crippen molar-refractivity contribution < 1.29 is 14.6 Å². The highest BCUT2D eigenvalue weighted by Crippen LogP contribution is 2.21. The third-order valence-corrected chi connectivity index (χ3v) is 2.88. The quantitative estimate of drug-likeness (QED) is 0.720. The average Bonchev–Trinajstić information content (AvgIpc) is 2.94. The van der Waals surface area contributed by atoms with Gasteiger partial charge in [-0.2, -0.15) is 0 Å². The average molecular weight is 270 g/mol. The van der Waals surface area contributed by atoms with Crippen LogP contribution in [0.3, 0.4) is 0 Å². The third kappa shape index (κ3) is 4.54. The summed E-state index contributed by atoms with van der Waals surface area (Å²) in [5.74, 6) is -0.472. The van der Waals surface area contributed by atoms with E-state index < -0.39 is 5.79 Å². The second-order valence-electron chi connectivity index (χ2n) is 5.13. The summed E-state index contributed by atoms with van der Waals surface area (Å²) in [6, 6.07) is 0. The molecule has 0 spiro atoms. The van der Waals surface area contributed by atoms with Gasteiger partial charge in [-0.25, -0.2) is 0 Å². The van der Waals surface area contributed by atoms with Crippen LogP contribution in [0.4, 0.5) is 0 Å². The van der Waals surface area contributed by atoms with Crippen LogP contribution in [0.15, 0.2) is 6.20 Å². The van der Waals surface area contributed by atoms with Crippen molar-refractivity contribution in [1.82, 2.24) is 20.3 Å². The van der Waals surface area contributed by atoms with Gasteiger partial charge in [-0.05, 0) is 20.3 Å². The van der Waals surface area contributed by atoms with Crippen molar-refractivity contribution in [3.05, 3.63) is 11.9 Å². The van der Waals surface area contributed by atoms with Gasteiger partial charge in [-0.1, -0.05) is 5.21 Å². The summed E-state index contributed by atoms with van der Waals surface area (Å²) < 4.78 is 12.9. The standard InChI is InChI=1S/C12H22N4O3/c1-12(2)18-9-11(19-12)7-13-6-10-8-16(15-14-10)4-3-5-17/h8,11,13,17H,3-7,9H2,1-2H3. The zero-order valence-corrected chi connectivity index (χ0v) is 11.5. The van der Waals surface area contributed by atoms with Gasteiger partial charge in [-0.15, -0.1) is 5.10 Å². The molecule has 1 unspecified atom stereocenters. The van der Waals surface area contributed by atoms with Crippen molar-refractivity contribution in [3.8, 4) is 0 Å². The number of ether oxygens (including phenoxy) is 2. The van der Waals surface area contributed by atoms with Gasteiger partial charge in [0.15, 0.2) is 5.79 Å². The Labute approximate surface area is 112 Å². The molecule has 0 amide bonds. The van der Waals surface area contributed by atoms with Crippen LogP contribution in [0, 0.1) is 0 Å². The molecule has 2 N–H and O–H groups in total. The van der Waals surface area contributed by atoms with Crippen molar-refractivity contribution in [3.63, 3.8) is 0 Å². The summed E-state index contributed by atoms with van der Waals surface area (Å²) in [6.07, 6.45) is 2.66. The Hall–Kier alpha value is -1.02. The van der Waals surface area contributed by atoms with Gasteiger partial charge in [0.25, 0.3) is 0 Å². The monoisotopic (exact) mass is 270 g/mol. The molecule has 1 aliphatic rings. The maximum Gasteiger partial charge on any atom is 0.163 e. The number of aliphatic hydroxyl groups is 1. The lowest BCUT2D eigenvalue weighted by molar-refractivity contribution is -0.137. The molecule has 108 valence electrons. The number of nitrogens with zero attached hydrogens (tertiary/aromatic N) is 3. The fourth-order valence-electron chi connectivity index (χ4n) is 1.99. The maximum absolute atomic E-state index is 8.74. The molecule has 1 fully saturated rings. The minimum Gasteiger partial charge on any atom is -0.396 e. The van der Waals surface area contributed by atoms with E-state index in [1.165, 1.54) is 0 Å². The summed E-state index contributed by atoms with van der Waals surface area (Å²) >= 11 is 0. The second kappa shape index (κ2) is 6.42. The van der Waals surface area contributed by atoms with Crippen LogP contribution in [0.25, 0.3) is 0 Å². The highest BCUT2D eigenvalue weighted by molar-refractivity contribution is 4.91. The van der Waals surface area contributed by atoms with E-state index in [4.69, 9.17) is 14.6 Å². The lowest BCUT2D eigenvalue weighted by Crippen LogP contribution is -2.30. The van der Waals surface area contributed by atoms with Crippen molar-refractivity contribution >= 4 is 0 Å². The van der Waals surface area contributed by atoms with E-state index in [9.17, 15) is 0 Å². The summed E-state index contributed by atoms with van der Waals surface area (Å²) in [5.41, 5.74) is 0.885. The highest BCUT2D eigenvalue weighted by atomic mass is 16.7. The van der Waals surface area contributed by atoms with Gasteiger partial charge in [-0.3, -0.25) is 4.68 Å². The number of hydrogen-bond acceptors (Lipinski definition) is 6. The fourth-order valence-corrected chi connectivity index (χ4v) is 1.99. The molecule has 0 radical (unpaired) electrons. The SMILES string of the molecule is CC1(C)OCC(CNCc2cn(CCCO)nn2)O1. The lowest BCUT2D eigenvalue weighted by atomic mass is 10.3. The van der Waals surface area contributed by atoms with Gasteiger partial charge in [0, 0.05) is 32.4 Å². The molecular formula is C12H22N4O3. The van der Waals surface area contributed by atoms with E-state index in [-0.39, 0.29) is 12.7 Å². The van der Waals surface area contributed by atoms with E-state index in [2.05, 4.69) is 15.6 Å². The zero-order chi connectivity index (χ0) is 13.7. The topological polar surface area (TPSA) is 81.4 Å². The molecule has 7 heteroatoms. The molecule has 0 saturated carbocycles. The van der Waals surface area contributed by atoms with Crippen molar-refractivity contribution in [2.24, 2.45) is 0 Å². The molecule has 1 aromatic heterocycles. The molecule has 1 saturated heterocycles. The van der Waals surface area contributed by atoms with Crippen LogP contribution in [0.2, 0.25) is 0 Å². The summed E-state index contributed by atoms with van der Waals surface area (Å²) in [7, 11) is 0. The van der Waals surface area contributed by atoms with Gasteiger partial charge in [0.1, 0.15) is 0 Å². The van der Waals surface area contributed by atoms with Crippen molar-refractivity contribution in [1.29, 1.82) is 0 Å². The number of aliphatic hydroxyl groups excluding tert-OH is 1. The molecule has 19 heavy (non-hydrogen) atoms. The molecule has 0 bridgehead atoms. The molecule has 0 aromatic carbocycles. The molecule has 1 atom stereocenters. The van der Waals surface area contributed by atoms with E-state index >= 15 is 0 Å². The zero-order valence-electron chi connectivity index (χ0n) is 11.5. The Morgan fingerprint density at radius 3 is 3.11 bits per heavy atom. The summed E-state index contributed by atoms with van der Waals surface area (Å²) in [5, 5.41) is 20.1. The van der Waals surface area contributed by atoms with Crippen LogP contribution >= 0.6 is 0 Å². The summed E-state index contributed by atoms with van der Waals surface area (Å²) in [6.45, 7) is 6.69. The Balaban J connectivity index is 1.67. The molecule has 1 aliphatic heterocycles. The molecular weight excluding hydrogens is 248 g/mol. The van der Waals surface area contributed by atoms with Crippen molar-refractivity contribution in [2.75, 3.05) is 19.8 Å². The van der Waals surface area contributed by atoms with Crippen molar-refractivity contribution in [2.45, 2.75) is 45.2 Å². The highest BCUT2D eigenvalue weighted by Gasteiger charge is 2.32. The van der Waals surface area contributed by atoms with Crippen LogP contribution in [-0.4, -0.2) is 51.7 Å². The van der Waals surface area contributed by atoms with Crippen LogP contribution in [-0.2, 0) is 22.6 Å². The Morgan fingerprint density at radius 1 is 1.58 bits per heavy atom. The molecule has 2 heterocycles. The Kier molecular flexibility index (Phi) is 4.87. The van der Waals surface area contributed by atoms with E-state index in [1.807, 2.05) is 20.0 Å². The van der Waals surface area contributed by atoms with Crippen LogP contribution in [0.1, 0.15) is 26.0 Å². The second-order valence-corrected chi connectivity index (χ2v) is 5.13. The number of hydrogen-bond donors (Lipinski definition) is 2. The first-order chi connectivity index (χ1) is 9.09. The number of nitrogens with one attached hydrogen (secondary N) is 1. The number of aryl methyl sites for hydroxylation is 1. The maximum atomic E-state index is 8.74. The smallest absolute Gasteiger partial charge is 0.163 e. The third-order valence-electron chi connectivity index (χ3n) is 2.88. The molecule has 7 nitrogen and oxygen atoms in total. The minimum atomic E-state index is -0.472. The van der Waals surface area contributed by atoms with Crippen LogP contribution in [0.5, 0.6) is 0 Å². The summed E-state index contributed by atoms with van der Waals surface area (Å²) in [4.78, 5) is 0. The fraction of sp³-hybridized carbons (Fsp3) is 0.833. The Morgan fingerprint density at radius 2 is 2.42 bits per heavy atom. The molecule has 0 aliphatic carbocycles. The predicted molar refractivity (Wildman–Crippen MR) is 68.3 cm³/mol. The van der Waals surface area contributed by atoms with Gasteiger partial charge >= 0.3 is 0 Å². The van der Waals surface area contributed by atoms with E-state index in [0.29, 0.717) is 26.1 Å². The first-order valence-electron chi connectivity index (χ1n) is 6.61. The normalized spacial score (nSPS) is 21.9. The first kappa shape index (κ1) is 14.4. The van der Waals surface area contributed by atoms with Gasteiger partial charge in [0.2, 0.25) is 0 Å². The van der Waals surface area contributed by atoms with E-state index in [1.54, 1.807) is 4.68 Å². The first-order valence-corrected chi connectivity index (χ1v) is 6.61. The predicted octanol–water partition coefficient (Wildman–Crippen LogP) is -0.0984. The van der Waals surface area contributed by atoms with Crippen LogP contribution < -0.4 is 5.32 Å².